The van der Waals surface area contributed by atoms with Crippen molar-refractivity contribution >= 4 is 5.97 Å². The number of esters is 1. The first kappa shape index (κ1) is 17.4. The Morgan fingerprint density at radius 1 is 1.40 bits per heavy atom. The average molecular weight is 284 g/mol. The van der Waals surface area contributed by atoms with Crippen LogP contribution >= 0.6 is 0 Å². The molecule has 0 saturated heterocycles. The summed E-state index contributed by atoms with van der Waals surface area (Å²) in [7, 11) is 3.28. The number of carbonyl (C=O) groups is 1. The van der Waals surface area contributed by atoms with E-state index in [2.05, 4.69) is 24.1 Å². The highest BCUT2D eigenvalue weighted by molar-refractivity contribution is 5.80. The summed E-state index contributed by atoms with van der Waals surface area (Å²) in [5.74, 6) is 0.564. The molecule has 1 N–H and O–H groups in total. The Balaban J connectivity index is 2.30. The van der Waals surface area contributed by atoms with Crippen LogP contribution in [0.4, 0.5) is 0 Å². The Morgan fingerprint density at radius 2 is 2.05 bits per heavy atom. The van der Waals surface area contributed by atoms with E-state index in [4.69, 9.17) is 4.74 Å². The summed E-state index contributed by atoms with van der Waals surface area (Å²) >= 11 is 0. The van der Waals surface area contributed by atoms with Gasteiger partial charge >= 0.3 is 5.97 Å². The smallest absolute Gasteiger partial charge is 0.325 e. The third-order valence-electron chi connectivity index (χ3n) is 4.22. The molecule has 1 aliphatic carbocycles. The lowest BCUT2D eigenvalue weighted by molar-refractivity contribution is -0.148. The molecule has 1 rings (SSSR count). The lowest BCUT2D eigenvalue weighted by Crippen LogP contribution is -2.48. The highest BCUT2D eigenvalue weighted by Gasteiger charge is 2.32. The fraction of sp³-hybridized carbons (Fsp3) is 0.938. The maximum atomic E-state index is 11.8. The molecule has 0 aromatic rings. The summed E-state index contributed by atoms with van der Waals surface area (Å²) in [5.41, 5.74) is -0.544. The molecule has 0 spiro atoms. The maximum Gasteiger partial charge on any atom is 0.325 e. The summed E-state index contributed by atoms with van der Waals surface area (Å²) in [6.07, 6.45) is 5.76. The highest BCUT2D eigenvalue weighted by atomic mass is 16.5. The third kappa shape index (κ3) is 5.41. The Hall–Kier alpha value is -0.610. The lowest BCUT2D eigenvalue weighted by Gasteiger charge is -2.27. The van der Waals surface area contributed by atoms with Gasteiger partial charge in [-0.1, -0.05) is 13.8 Å². The number of methoxy groups -OCH3 is 1. The largest absolute Gasteiger partial charge is 0.468 e. The van der Waals surface area contributed by atoms with Gasteiger partial charge in [-0.3, -0.25) is 4.79 Å². The first-order chi connectivity index (χ1) is 9.42. The second kappa shape index (κ2) is 7.99. The van der Waals surface area contributed by atoms with E-state index in [1.54, 1.807) is 0 Å². The first-order valence-electron chi connectivity index (χ1n) is 7.94. The van der Waals surface area contributed by atoms with E-state index >= 15 is 0 Å². The molecule has 1 saturated carbocycles. The molecule has 0 aliphatic heterocycles. The van der Waals surface area contributed by atoms with E-state index in [9.17, 15) is 4.79 Å². The van der Waals surface area contributed by atoms with Crippen molar-refractivity contribution < 1.29 is 9.53 Å². The van der Waals surface area contributed by atoms with Crippen molar-refractivity contribution in [2.45, 2.75) is 64.5 Å². The Labute approximate surface area is 124 Å². The second-order valence-electron chi connectivity index (χ2n) is 6.65. The van der Waals surface area contributed by atoms with Crippen molar-refractivity contribution in [3.8, 4) is 0 Å². The van der Waals surface area contributed by atoms with Crippen molar-refractivity contribution in [1.29, 1.82) is 0 Å². The molecule has 1 fully saturated rings. The molecule has 1 aliphatic rings. The number of hydrogen-bond donors (Lipinski definition) is 1. The number of nitrogens with one attached hydrogen (secondary N) is 1. The number of nitrogens with zero attached hydrogens (tertiary/aromatic N) is 1. The van der Waals surface area contributed by atoms with Crippen LogP contribution in [0.5, 0.6) is 0 Å². The van der Waals surface area contributed by atoms with E-state index in [1.807, 2.05) is 14.0 Å². The standard InChI is InChI=1S/C16H32N2O2/c1-13(2)12-18(14-8-9-14)11-7-6-10-16(3,17-4)15(19)20-5/h13-14,17H,6-12H2,1-5H3. The molecular formula is C16H32N2O2. The van der Waals surface area contributed by atoms with Crippen LogP contribution < -0.4 is 5.32 Å². The van der Waals surface area contributed by atoms with Crippen LogP contribution in [0, 0.1) is 5.92 Å². The second-order valence-corrected chi connectivity index (χ2v) is 6.65. The first-order valence-corrected chi connectivity index (χ1v) is 7.94. The molecular weight excluding hydrogens is 252 g/mol. The zero-order valence-electron chi connectivity index (χ0n) is 13.9. The van der Waals surface area contributed by atoms with Gasteiger partial charge in [-0.2, -0.15) is 0 Å². The van der Waals surface area contributed by atoms with Crippen LogP contribution in [0.15, 0.2) is 0 Å². The highest BCUT2D eigenvalue weighted by Crippen LogP contribution is 2.28. The number of ether oxygens (including phenoxy) is 1. The van der Waals surface area contributed by atoms with Gasteiger partial charge in [0.15, 0.2) is 0 Å². The zero-order valence-corrected chi connectivity index (χ0v) is 13.9. The summed E-state index contributed by atoms with van der Waals surface area (Å²) in [6, 6.07) is 0.827. The molecule has 20 heavy (non-hydrogen) atoms. The molecule has 0 amide bonds. The third-order valence-corrected chi connectivity index (χ3v) is 4.22. The van der Waals surface area contributed by atoms with Gasteiger partial charge in [-0.15, -0.1) is 0 Å². The predicted molar refractivity (Wildman–Crippen MR) is 82.8 cm³/mol. The van der Waals surface area contributed by atoms with E-state index in [-0.39, 0.29) is 5.97 Å². The molecule has 0 radical (unpaired) electrons. The number of carbonyl (C=O) groups excluding carboxylic acids is 1. The van der Waals surface area contributed by atoms with E-state index in [0.717, 1.165) is 37.8 Å². The van der Waals surface area contributed by atoms with Gasteiger partial charge in [0.2, 0.25) is 0 Å². The molecule has 0 bridgehead atoms. The summed E-state index contributed by atoms with van der Waals surface area (Å²) in [5, 5.41) is 3.10. The van der Waals surface area contributed by atoms with Crippen molar-refractivity contribution in [3.05, 3.63) is 0 Å². The summed E-state index contributed by atoms with van der Waals surface area (Å²) in [6.45, 7) is 8.84. The van der Waals surface area contributed by atoms with Gasteiger partial charge in [-0.25, -0.2) is 0 Å². The van der Waals surface area contributed by atoms with Crippen LogP contribution in [-0.4, -0.2) is 49.7 Å². The Kier molecular flexibility index (Phi) is 6.96. The molecule has 4 heteroatoms. The van der Waals surface area contributed by atoms with Gasteiger partial charge in [0.1, 0.15) is 5.54 Å². The average Bonchev–Trinajstić information content (AvgIpc) is 3.24. The molecule has 0 heterocycles. The van der Waals surface area contributed by atoms with Crippen molar-refractivity contribution in [2.75, 3.05) is 27.2 Å². The molecule has 0 aromatic heterocycles. The molecule has 118 valence electrons. The van der Waals surface area contributed by atoms with Crippen molar-refractivity contribution in [1.82, 2.24) is 10.2 Å². The Bertz CT molecular complexity index is 303. The number of rotatable bonds is 10. The summed E-state index contributed by atoms with van der Waals surface area (Å²) < 4.78 is 4.87. The Morgan fingerprint density at radius 3 is 2.50 bits per heavy atom. The van der Waals surface area contributed by atoms with Gasteiger partial charge in [0.25, 0.3) is 0 Å². The topological polar surface area (TPSA) is 41.6 Å². The fourth-order valence-electron chi connectivity index (χ4n) is 2.68. The van der Waals surface area contributed by atoms with E-state index in [0.29, 0.717) is 0 Å². The van der Waals surface area contributed by atoms with Gasteiger partial charge < -0.3 is 15.0 Å². The minimum absolute atomic E-state index is 0.166. The normalized spacial score (nSPS) is 18.4. The van der Waals surface area contributed by atoms with Crippen molar-refractivity contribution in [2.24, 2.45) is 5.92 Å². The maximum absolute atomic E-state index is 11.8. The number of unbranched alkanes of at least 4 members (excludes halogenated alkanes) is 1. The lowest BCUT2D eigenvalue weighted by atomic mass is 9.95. The zero-order chi connectivity index (χ0) is 15.2. The fourth-order valence-corrected chi connectivity index (χ4v) is 2.68. The van der Waals surface area contributed by atoms with Crippen LogP contribution in [0.1, 0.15) is 52.9 Å². The SMILES string of the molecule is CNC(C)(CCCCN(CC(C)C)C1CC1)C(=O)OC. The molecule has 1 unspecified atom stereocenters. The van der Waals surface area contributed by atoms with Crippen LogP contribution in [0.2, 0.25) is 0 Å². The number of likely N-dealkylation sites (N-methyl/N-ethyl adjacent to an activating group) is 1. The monoisotopic (exact) mass is 284 g/mol. The van der Waals surface area contributed by atoms with Gasteiger partial charge in [0, 0.05) is 12.6 Å². The molecule has 1 atom stereocenters. The minimum atomic E-state index is -0.544. The summed E-state index contributed by atoms with van der Waals surface area (Å²) in [4.78, 5) is 14.4. The van der Waals surface area contributed by atoms with Crippen molar-refractivity contribution in [3.63, 3.8) is 0 Å². The number of hydrogen-bond acceptors (Lipinski definition) is 4. The quantitative estimate of drug-likeness (QED) is 0.494. The molecule has 0 aromatic carbocycles. The van der Waals surface area contributed by atoms with E-state index < -0.39 is 5.54 Å². The predicted octanol–water partition coefficient (Wildman–Crippen LogP) is 2.43. The molecule has 4 nitrogen and oxygen atoms in total. The van der Waals surface area contributed by atoms with E-state index in [1.165, 1.54) is 26.5 Å². The minimum Gasteiger partial charge on any atom is -0.468 e. The van der Waals surface area contributed by atoms with Crippen LogP contribution in [0.3, 0.4) is 0 Å². The van der Waals surface area contributed by atoms with Gasteiger partial charge in [0.05, 0.1) is 7.11 Å². The van der Waals surface area contributed by atoms with Gasteiger partial charge in [-0.05, 0) is 58.5 Å². The van der Waals surface area contributed by atoms with Crippen LogP contribution in [-0.2, 0) is 9.53 Å². The van der Waals surface area contributed by atoms with Crippen LogP contribution in [0.25, 0.3) is 0 Å².